The summed E-state index contributed by atoms with van der Waals surface area (Å²) < 4.78 is 2.54. The summed E-state index contributed by atoms with van der Waals surface area (Å²) >= 11 is 0.613. The summed E-state index contributed by atoms with van der Waals surface area (Å²) in [4.78, 5) is 0. The first-order valence-corrected chi connectivity index (χ1v) is 9.98. The summed E-state index contributed by atoms with van der Waals surface area (Å²) in [6.45, 7) is 2.28. The Labute approximate surface area is 130 Å². The molecule has 1 aromatic rings. The van der Waals surface area contributed by atoms with Gasteiger partial charge in [0.15, 0.2) is 0 Å². The molecule has 0 amide bonds. The van der Waals surface area contributed by atoms with E-state index in [1.165, 1.54) is 41.9 Å². The zero-order chi connectivity index (χ0) is 14.4. The van der Waals surface area contributed by atoms with Crippen LogP contribution in [0.5, 0.6) is 0 Å². The van der Waals surface area contributed by atoms with Crippen LogP contribution in [0.1, 0.15) is 39.0 Å². The molecule has 1 aliphatic rings. The molecule has 1 heterocycles. The minimum absolute atomic E-state index is 0.613. The Kier molecular flexibility index (Phi) is 6.10. The van der Waals surface area contributed by atoms with Crippen molar-refractivity contribution < 1.29 is 4.59 Å². The first kappa shape index (κ1) is 16.0. The maximum absolute atomic E-state index is 3.82. The number of unbranched alkanes of at least 4 members (excludes halogenated alkanes) is 2. The van der Waals surface area contributed by atoms with Gasteiger partial charge in [0.2, 0.25) is 0 Å². The van der Waals surface area contributed by atoms with Crippen LogP contribution in [-0.4, -0.2) is 45.7 Å². The molecular formula is C17H29N2Se+. The van der Waals surface area contributed by atoms with Gasteiger partial charge in [0.05, 0.1) is 0 Å². The van der Waals surface area contributed by atoms with E-state index in [1.807, 2.05) is 0 Å². The van der Waals surface area contributed by atoms with Crippen LogP contribution >= 0.6 is 0 Å². The molecule has 2 nitrogen and oxygen atoms in total. The Morgan fingerprint density at radius 1 is 1.20 bits per heavy atom. The third kappa shape index (κ3) is 4.59. The molecule has 0 aromatic heterocycles. The van der Waals surface area contributed by atoms with E-state index in [0.29, 0.717) is 15.0 Å². The Morgan fingerprint density at radius 3 is 2.65 bits per heavy atom. The fourth-order valence-electron chi connectivity index (χ4n) is 3.01. The van der Waals surface area contributed by atoms with Crippen LogP contribution in [0.4, 0.5) is 0 Å². The van der Waals surface area contributed by atoms with Gasteiger partial charge in [0.25, 0.3) is 0 Å². The molecular weight excluding hydrogens is 311 g/mol. The van der Waals surface area contributed by atoms with E-state index in [-0.39, 0.29) is 0 Å². The number of nitrogens with one attached hydrogen (secondary N) is 1. The van der Waals surface area contributed by atoms with Gasteiger partial charge in [-0.05, 0) is 0 Å². The number of hydrogen-bond donors (Lipinski definition) is 1. The summed E-state index contributed by atoms with van der Waals surface area (Å²) in [7, 11) is 4.68. The van der Waals surface area contributed by atoms with Gasteiger partial charge in [0.1, 0.15) is 0 Å². The Hall–Kier alpha value is -0.341. The number of hydrogen-bond acceptors (Lipinski definition) is 1. The quantitative estimate of drug-likeness (QED) is 0.457. The summed E-state index contributed by atoms with van der Waals surface area (Å²) in [5.74, 6) is 0. The predicted octanol–water partition coefficient (Wildman–Crippen LogP) is 2.74. The van der Waals surface area contributed by atoms with Crippen LogP contribution in [0.2, 0.25) is 5.32 Å². The third-order valence-electron chi connectivity index (χ3n) is 4.33. The molecule has 1 aliphatic heterocycles. The van der Waals surface area contributed by atoms with Crippen molar-refractivity contribution in [3.8, 4) is 0 Å². The maximum atomic E-state index is 3.82. The fraction of sp³-hybridized carbons (Fsp3) is 0.647. The van der Waals surface area contributed by atoms with E-state index in [0.717, 1.165) is 16.7 Å². The molecule has 0 aliphatic carbocycles. The molecule has 1 fully saturated rings. The van der Waals surface area contributed by atoms with Gasteiger partial charge < -0.3 is 0 Å². The first-order chi connectivity index (χ1) is 9.62. The third-order valence-corrected chi connectivity index (χ3v) is 6.75. The molecule has 0 bridgehead atoms. The van der Waals surface area contributed by atoms with Gasteiger partial charge in [0, 0.05) is 0 Å². The first-order valence-electron chi connectivity index (χ1n) is 7.91. The summed E-state index contributed by atoms with van der Waals surface area (Å²) in [5.41, 5.74) is 3.82. The molecule has 1 saturated heterocycles. The second-order valence-electron chi connectivity index (χ2n) is 6.38. The summed E-state index contributed by atoms with van der Waals surface area (Å²) in [6.07, 6.45) is 6.79. The zero-order valence-corrected chi connectivity index (χ0v) is 14.9. The minimum atomic E-state index is 0.613. The van der Waals surface area contributed by atoms with Gasteiger partial charge in [-0.25, -0.2) is 0 Å². The Morgan fingerprint density at radius 2 is 1.95 bits per heavy atom. The van der Waals surface area contributed by atoms with Gasteiger partial charge in [-0.3, -0.25) is 0 Å². The average Bonchev–Trinajstić information content (AvgIpc) is 2.72. The van der Waals surface area contributed by atoms with Crippen LogP contribution in [0, 0.1) is 0 Å². The van der Waals surface area contributed by atoms with Crippen molar-refractivity contribution in [1.82, 2.24) is 5.43 Å². The molecule has 1 N–H and O–H groups in total. The van der Waals surface area contributed by atoms with Crippen LogP contribution in [0.25, 0.3) is 0 Å². The van der Waals surface area contributed by atoms with Crippen LogP contribution < -0.4 is 9.89 Å². The topological polar surface area (TPSA) is 12.0 Å². The van der Waals surface area contributed by atoms with Crippen molar-refractivity contribution in [2.45, 2.75) is 56.4 Å². The molecule has 2 atom stereocenters. The van der Waals surface area contributed by atoms with Crippen molar-refractivity contribution in [3.63, 3.8) is 0 Å². The van der Waals surface area contributed by atoms with Crippen LogP contribution in [-0.2, 0) is 0 Å². The second kappa shape index (κ2) is 7.61. The Balaban J connectivity index is 1.81. The van der Waals surface area contributed by atoms with E-state index in [1.54, 1.807) is 0 Å². The van der Waals surface area contributed by atoms with Crippen molar-refractivity contribution >= 4 is 19.4 Å². The standard InChI is InChI=1S/C17H29N2Se/c1-4-5-7-10-15-13-16(19(2,3)18-15)14-20-17-11-8-6-9-12-17/h6,8-9,11-12,15-16,18H,4-5,7,10,13-14H2,1-3H3/q+1. The van der Waals surface area contributed by atoms with Crippen molar-refractivity contribution in [1.29, 1.82) is 0 Å². The van der Waals surface area contributed by atoms with E-state index in [4.69, 9.17) is 0 Å². The van der Waals surface area contributed by atoms with E-state index < -0.39 is 0 Å². The van der Waals surface area contributed by atoms with Crippen molar-refractivity contribution in [3.05, 3.63) is 30.3 Å². The molecule has 3 heteroatoms. The van der Waals surface area contributed by atoms with E-state index >= 15 is 0 Å². The molecule has 1 aromatic carbocycles. The van der Waals surface area contributed by atoms with Crippen molar-refractivity contribution in [2.75, 3.05) is 14.1 Å². The molecule has 20 heavy (non-hydrogen) atoms. The van der Waals surface area contributed by atoms with E-state index in [9.17, 15) is 0 Å². The SMILES string of the molecule is CCCCCC1CC(C[Se]c2ccccc2)[N+](C)(C)N1. The molecule has 0 spiro atoms. The van der Waals surface area contributed by atoms with Gasteiger partial charge in [-0.2, -0.15) is 0 Å². The average molecular weight is 340 g/mol. The summed E-state index contributed by atoms with van der Waals surface area (Å²) in [5, 5.41) is 1.35. The van der Waals surface area contributed by atoms with Crippen LogP contribution in [0.3, 0.4) is 0 Å². The fourth-order valence-corrected chi connectivity index (χ4v) is 5.62. The Bertz CT molecular complexity index is 391. The summed E-state index contributed by atoms with van der Waals surface area (Å²) in [6, 6.07) is 12.5. The van der Waals surface area contributed by atoms with Gasteiger partial charge in [-0.1, -0.05) is 0 Å². The molecule has 2 rings (SSSR count). The molecule has 0 radical (unpaired) electrons. The molecule has 112 valence electrons. The van der Waals surface area contributed by atoms with E-state index in [2.05, 4.69) is 56.8 Å². The predicted molar refractivity (Wildman–Crippen MR) is 88.2 cm³/mol. The van der Waals surface area contributed by atoms with Gasteiger partial charge >= 0.3 is 130 Å². The number of benzene rings is 1. The monoisotopic (exact) mass is 341 g/mol. The van der Waals surface area contributed by atoms with Crippen molar-refractivity contribution in [2.24, 2.45) is 0 Å². The van der Waals surface area contributed by atoms with Gasteiger partial charge in [-0.15, -0.1) is 0 Å². The molecule has 0 saturated carbocycles. The zero-order valence-electron chi connectivity index (χ0n) is 13.1. The second-order valence-corrected chi connectivity index (χ2v) is 8.67. The number of nitrogens with zero attached hydrogens (tertiary/aromatic N) is 1. The number of quaternary nitrogens is 1. The number of rotatable bonds is 7. The molecule has 2 unspecified atom stereocenters. The van der Waals surface area contributed by atoms with Crippen LogP contribution in [0.15, 0.2) is 30.3 Å². The normalized spacial score (nSPS) is 24.9.